The summed E-state index contributed by atoms with van der Waals surface area (Å²) in [7, 11) is 0. The molecule has 1 fully saturated rings. The van der Waals surface area contributed by atoms with E-state index in [0.29, 0.717) is 18.8 Å². The van der Waals surface area contributed by atoms with Crippen LogP contribution in [0, 0.1) is 5.82 Å². The Morgan fingerprint density at radius 3 is 2.44 bits per heavy atom. The van der Waals surface area contributed by atoms with Crippen LogP contribution in [0.4, 0.5) is 4.39 Å². The Balaban J connectivity index is 1.52. The van der Waals surface area contributed by atoms with Crippen molar-refractivity contribution in [2.45, 2.75) is 12.6 Å². The van der Waals surface area contributed by atoms with Gasteiger partial charge in [-0.3, -0.25) is 9.59 Å². The molecule has 1 aliphatic heterocycles. The molecule has 0 saturated carbocycles. The summed E-state index contributed by atoms with van der Waals surface area (Å²) in [5.74, 6) is -1.02. The second kappa shape index (κ2) is 9.29. The van der Waals surface area contributed by atoms with Crippen LogP contribution >= 0.6 is 0 Å². The number of carbonyl (C=O) groups is 2. The van der Waals surface area contributed by atoms with Crippen molar-refractivity contribution in [2.24, 2.45) is 0 Å². The van der Waals surface area contributed by atoms with Gasteiger partial charge in [0.2, 0.25) is 0 Å². The van der Waals surface area contributed by atoms with Crippen LogP contribution in [0.15, 0.2) is 47.1 Å². The second-order valence-electron chi connectivity index (χ2n) is 6.36. The quantitative estimate of drug-likeness (QED) is 0.610. The predicted molar refractivity (Wildman–Crippen MR) is 94.2 cm³/mol. The van der Waals surface area contributed by atoms with Crippen LogP contribution in [0.25, 0.3) is 0 Å². The van der Waals surface area contributed by atoms with Gasteiger partial charge in [-0.1, -0.05) is 12.1 Å². The molecule has 7 nitrogen and oxygen atoms in total. The Hall–Kier alpha value is -2.71. The molecule has 2 heterocycles. The van der Waals surface area contributed by atoms with Gasteiger partial charge in [-0.2, -0.15) is 0 Å². The first kappa shape index (κ1) is 19.1. The molecule has 0 aliphatic carbocycles. The molecule has 2 amide bonds. The maximum atomic E-state index is 12.9. The molecule has 2 aromatic rings. The number of halogens is 1. The number of benzene rings is 1. The fraction of sp³-hybridized carbons (Fsp3) is 0.368. The summed E-state index contributed by atoms with van der Waals surface area (Å²) in [6, 6.07) is 9.32. The number of morpholine rings is 1. The van der Waals surface area contributed by atoms with Gasteiger partial charge in [-0.15, -0.1) is 0 Å². The summed E-state index contributed by atoms with van der Waals surface area (Å²) in [6.45, 7) is 3.35. The SMILES string of the molecule is O=C(NCc1ccc(F)cc1)C(=O)NC[C@@H](c1ccco1)[NH+]1CCOCC1. The number of nitrogens with one attached hydrogen (secondary N) is 3. The number of rotatable bonds is 6. The molecular weight excluding hydrogens is 353 g/mol. The highest BCUT2D eigenvalue weighted by Gasteiger charge is 2.29. The first-order valence-corrected chi connectivity index (χ1v) is 8.89. The largest absolute Gasteiger partial charge is 0.463 e. The molecule has 1 aromatic carbocycles. The third kappa shape index (κ3) is 5.38. The number of hydrogen-bond acceptors (Lipinski definition) is 4. The average Bonchev–Trinajstić information content (AvgIpc) is 3.22. The maximum absolute atomic E-state index is 12.9. The molecule has 0 spiro atoms. The molecule has 0 bridgehead atoms. The minimum atomic E-state index is -0.727. The summed E-state index contributed by atoms with van der Waals surface area (Å²) in [5, 5.41) is 5.21. The number of hydrogen-bond donors (Lipinski definition) is 3. The summed E-state index contributed by atoms with van der Waals surface area (Å²) < 4.78 is 23.8. The molecule has 0 radical (unpaired) electrons. The Bertz CT molecular complexity index is 743. The van der Waals surface area contributed by atoms with E-state index in [1.165, 1.54) is 17.0 Å². The Morgan fingerprint density at radius 2 is 1.78 bits per heavy atom. The molecule has 1 saturated heterocycles. The van der Waals surface area contributed by atoms with Gasteiger partial charge >= 0.3 is 11.8 Å². The van der Waals surface area contributed by atoms with E-state index in [2.05, 4.69) is 10.6 Å². The van der Waals surface area contributed by atoms with E-state index in [4.69, 9.17) is 9.15 Å². The molecule has 27 heavy (non-hydrogen) atoms. The van der Waals surface area contributed by atoms with E-state index in [-0.39, 0.29) is 24.9 Å². The third-order valence-electron chi connectivity index (χ3n) is 4.55. The highest BCUT2D eigenvalue weighted by molar-refractivity contribution is 6.35. The lowest BCUT2D eigenvalue weighted by molar-refractivity contribution is -0.938. The van der Waals surface area contributed by atoms with Gasteiger partial charge in [0.05, 0.1) is 26.0 Å². The molecule has 1 aromatic heterocycles. The Labute approximate surface area is 156 Å². The molecule has 3 rings (SSSR count). The third-order valence-corrected chi connectivity index (χ3v) is 4.55. The van der Waals surface area contributed by atoms with Gasteiger partial charge < -0.3 is 24.7 Å². The van der Waals surface area contributed by atoms with Crippen molar-refractivity contribution in [3.05, 3.63) is 59.8 Å². The molecule has 0 unspecified atom stereocenters. The average molecular weight is 376 g/mol. The van der Waals surface area contributed by atoms with Crippen molar-refractivity contribution in [1.82, 2.24) is 10.6 Å². The Kier molecular flexibility index (Phi) is 6.56. The summed E-state index contributed by atoms with van der Waals surface area (Å²) in [4.78, 5) is 25.4. The maximum Gasteiger partial charge on any atom is 0.309 e. The number of carbonyl (C=O) groups excluding carboxylic acids is 2. The van der Waals surface area contributed by atoms with E-state index in [1.807, 2.05) is 6.07 Å². The number of ether oxygens (including phenoxy) is 1. The highest BCUT2D eigenvalue weighted by atomic mass is 19.1. The van der Waals surface area contributed by atoms with Gasteiger partial charge in [0, 0.05) is 6.54 Å². The zero-order valence-corrected chi connectivity index (χ0v) is 14.9. The zero-order valence-electron chi connectivity index (χ0n) is 14.9. The summed E-state index contributed by atoms with van der Waals surface area (Å²) in [6.07, 6.45) is 1.60. The van der Waals surface area contributed by atoms with Crippen molar-refractivity contribution in [2.75, 3.05) is 32.8 Å². The number of furan rings is 1. The van der Waals surface area contributed by atoms with E-state index in [9.17, 15) is 14.0 Å². The molecule has 1 atom stereocenters. The van der Waals surface area contributed by atoms with Crippen LogP contribution in [0.1, 0.15) is 17.4 Å². The van der Waals surface area contributed by atoms with Crippen LogP contribution in [-0.4, -0.2) is 44.7 Å². The fourth-order valence-electron chi connectivity index (χ4n) is 3.06. The van der Waals surface area contributed by atoms with Crippen LogP contribution < -0.4 is 15.5 Å². The van der Waals surface area contributed by atoms with Gasteiger partial charge in [0.15, 0.2) is 11.8 Å². The van der Waals surface area contributed by atoms with Gasteiger partial charge in [0.25, 0.3) is 0 Å². The topological polar surface area (TPSA) is 85.0 Å². The van der Waals surface area contributed by atoms with Gasteiger partial charge in [-0.25, -0.2) is 4.39 Å². The van der Waals surface area contributed by atoms with Crippen molar-refractivity contribution < 1.29 is 28.0 Å². The van der Waals surface area contributed by atoms with Crippen LogP contribution in [0.2, 0.25) is 0 Å². The normalized spacial score (nSPS) is 15.9. The van der Waals surface area contributed by atoms with Crippen LogP contribution in [0.5, 0.6) is 0 Å². The van der Waals surface area contributed by atoms with Gasteiger partial charge in [0.1, 0.15) is 18.9 Å². The second-order valence-corrected chi connectivity index (χ2v) is 6.36. The molecule has 144 valence electrons. The first-order chi connectivity index (χ1) is 13.1. The van der Waals surface area contributed by atoms with Crippen molar-refractivity contribution in [3.63, 3.8) is 0 Å². The lowest BCUT2D eigenvalue weighted by Gasteiger charge is -2.30. The van der Waals surface area contributed by atoms with E-state index in [0.717, 1.165) is 18.8 Å². The van der Waals surface area contributed by atoms with Crippen molar-refractivity contribution >= 4 is 11.8 Å². The van der Waals surface area contributed by atoms with Crippen molar-refractivity contribution in [3.8, 4) is 0 Å². The smallest absolute Gasteiger partial charge is 0.309 e. The zero-order chi connectivity index (χ0) is 19.1. The Morgan fingerprint density at radius 1 is 1.07 bits per heavy atom. The molecule has 8 heteroatoms. The molecule has 1 aliphatic rings. The lowest BCUT2D eigenvalue weighted by Crippen LogP contribution is -3.15. The first-order valence-electron chi connectivity index (χ1n) is 8.89. The highest BCUT2D eigenvalue weighted by Crippen LogP contribution is 2.10. The van der Waals surface area contributed by atoms with E-state index >= 15 is 0 Å². The fourth-order valence-corrected chi connectivity index (χ4v) is 3.06. The lowest BCUT2D eigenvalue weighted by atomic mass is 10.1. The molecular formula is C19H23FN3O4+. The monoisotopic (exact) mass is 376 g/mol. The summed E-state index contributed by atoms with van der Waals surface area (Å²) in [5.41, 5.74) is 0.712. The minimum absolute atomic E-state index is 0.0854. The van der Waals surface area contributed by atoms with Crippen LogP contribution in [0.3, 0.4) is 0 Å². The summed E-state index contributed by atoms with van der Waals surface area (Å²) >= 11 is 0. The standard InChI is InChI=1S/C19H22FN3O4/c20-15-5-3-14(4-6-15)12-21-18(24)19(25)22-13-16(17-2-1-9-27-17)23-7-10-26-11-8-23/h1-6,9,16H,7-8,10-13H2,(H,21,24)(H,22,25)/p+1/t16-/m0/s1. The van der Waals surface area contributed by atoms with E-state index in [1.54, 1.807) is 24.5 Å². The number of quaternary nitrogens is 1. The predicted octanol–water partition coefficient (Wildman–Crippen LogP) is -0.192. The number of amides is 2. The van der Waals surface area contributed by atoms with E-state index < -0.39 is 11.8 Å². The van der Waals surface area contributed by atoms with Gasteiger partial charge in [-0.05, 0) is 29.8 Å². The molecule has 3 N–H and O–H groups in total. The van der Waals surface area contributed by atoms with Crippen LogP contribution in [-0.2, 0) is 20.9 Å². The van der Waals surface area contributed by atoms with Crippen molar-refractivity contribution in [1.29, 1.82) is 0 Å². The minimum Gasteiger partial charge on any atom is -0.463 e.